The number of carboxylic acid groups (broad SMARTS) is 1. The molecule has 2 heterocycles. The number of benzene rings is 2. The van der Waals surface area contributed by atoms with Crippen LogP contribution in [0.1, 0.15) is 38.3 Å². The second-order valence-corrected chi connectivity index (χ2v) is 8.56. The van der Waals surface area contributed by atoms with Gasteiger partial charge in [-0.05, 0) is 54.0 Å². The van der Waals surface area contributed by atoms with Gasteiger partial charge in [0.15, 0.2) is 11.6 Å². The van der Waals surface area contributed by atoms with Gasteiger partial charge in [-0.2, -0.15) is 5.10 Å². The third-order valence-corrected chi connectivity index (χ3v) is 6.03. The smallest absolute Gasteiger partial charge is 0.306 e. The molecule has 0 saturated heterocycles. The van der Waals surface area contributed by atoms with Crippen molar-refractivity contribution in [1.29, 1.82) is 0 Å². The number of H-pyrrole nitrogens is 1. The topological polar surface area (TPSA) is 88.1 Å². The lowest BCUT2D eigenvalue weighted by atomic mass is 9.82. The van der Waals surface area contributed by atoms with E-state index >= 15 is 0 Å². The molecule has 1 saturated carbocycles. The van der Waals surface area contributed by atoms with Crippen molar-refractivity contribution >= 4 is 27.6 Å². The van der Waals surface area contributed by atoms with Crippen LogP contribution in [0, 0.1) is 17.6 Å². The summed E-state index contributed by atoms with van der Waals surface area (Å²) in [4.78, 5) is 16.0. The number of fused-ring (bicyclic) bond motifs is 2. The Morgan fingerprint density at radius 1 is 1.16 bits per heavy atom. The van der Waals surface area contributed by atoms with E-state index in [1.54, 1.807) is 12.3 Å². The zero-order valence-corrected chi connectivity index (χ0v) is 17.5. The van der Waals surface area contributed by atoms with Gasteiger partial charge in [0.2, 0.25) is 5.88 Å². The predicted octanol–water partition coefficient (Wildman–Crippen LogP) is 5.42. The number of nitrogens with zero attached hydrogens (tertiary/aromatic N) is 2. The molecule has 8 heteroatoms. The Morgan fingerprint density at radius 3 is 2.62 bits per heavy atom. The molecule has 1 aliphatic carbocycles. The maximum Gasteiger partial charge on any atom is 0.306 e. The Labute approximate surface area is 182 Å². The summed E-state index contributed by atoms with van der Waals surface area (Å²) in [6, 6.07) is 7.65. The SMILES string of the molecule is CC(C)c1nc(OC2CC(C(=O)O)C2)c2cc3[nH]ncc3cc2c1-c1ccc(F)c(F)c1. The number of ether oxygens (including phenoxy) is 1. The molecule has 0 radical (unpaired) electrons. The van der Waals surface area contributed by atoms with E-state index in [9.17, 15) is 13.6 Å². The minimum atomic E-state index is -0.927. The lowest BCUT2D eigenvalue weighted by Crippen LogP contribution is -2.38. The Morgan fingerprint density at radius 2 is 1.94 bits per heavy atom. The van der Waals surface area contributed by atoms with E-state index in [-0.39, 0.29) is 12.0 Å². The largest absolute Gasteiger partial charge is 0.481 e. The summed E-state index contributed by atoms with van der Waals surface area (Å²) in [5.74, 6) is -2.69. The third-order valence-electron chi connectivity index (χ3n) is 6.03. The van der Waals surface area contributed by atoms with E-state index in [0.29, 0.717) is 40.9 Å². The summed E-state index contributed by atoms with van der Waals surface area (Å²) in [6.45, 7) is 3.95. The molecule has 32 heavy (non-hydrogen) atoms. The molecule has 0 aliphatic heterocycles. The zero-order chi connectivity index (χ0) is 22.6. The number of aromatic amines is 1. The van der Waals surface area contributed by atoms with Crippen molar-refractivity contribution in [2.24, 2.45) is 5.92 Å². The molecule has 2 aromatic heterocycles. The molecule has 1 aliphatic rings. The number of rotatable bonds is 5. The molecular weight excluding hydrogens is 416 g/mol. The van der Waals surface area contributed by atoms with Gasteiger partial charge in [-0.25, -0.2) is 13.8 Å². The molecular formula is C24H21F2N3O3. The molecule has 2 aromatic carbocycles. The van der Waals surface area contributed by atoms with Crippen molar-refractivity contribution in [1.82, 2.24) is 15.2 Å². The fourth-order valence-electron chi connectivity index (χ4n) is 4.22. The number of hydrogen-bond donors (Lipinski definition) is 2. The van der Waals surface area contributed by atoms with E-state index in [2.05, 4.69) is 10.2 Å². The van der Waals surface area contributed by atoms with E-state index in [4.69, 9.17) is 14.8 Å². The van der Waals surface area contributed by atoms with Crippen LogP contribution in [0.5, 0.6) is 5.88 Å². The quantitative estimate of drug-likeness (QED) is 0.435. The Bertz CT molecular complexity index is 1360. The first-order valence-electron chi connectivity index (χ1n) is 10.5. The number of aliphatic carboxylic acids is 1. The fraction of sp³-hybridized carbons (Fsp3) is 0.292. The van der Waals surface area contributed by atoms with Crippen LogP contribution in [-0.2, 0) is 4.79 Å². The highest BCUT2D eigenvalue weighted by Gasteiger charge is 2.37. The Kier molecular flexibility index (Phi) is 4.80. The summed E-state index contributed by atoms with van der Waals surface area (Å²) in [7, 11) is 0. The predicted molar refractivity (Wildman–Crippen MR) is 116 cm³/mol. The fourth-order valence-corrected chi connectivity index (χ4v) is 4.22. The van der Waals surface area contributed by atoms with Crippen molar-refractivity contribution in [2.75, 3.05) is 0 Å². The molecule has 0 amide bonds. The molecule has 164 valence electrons. The van der Waals surface area contributed by atoms with Gasteiger partial charge in [0.1, 0.15) is 6.10 Å². The van der Waals surface area contributed by atoms with Gasteiger partial charge in [-0.15, -0.1) is 0 Å². The maximum atomic E-state index is 14.1. The number of carbonyl (C=O) groups is 1. The summed E-state index contributed by atoms with van der Waals surface area (Å²) in [5, 5.41) is 18.5. The van der Waals surface area contributed by atoms with E-state index in [1.807, 2.05) is 26.0 Å². The van der Waals surface area contributed by atoms with Crippen molar-refractivity contribution in [2.45, 2.75) is 38.7 Å². The van der Waals surface area contributed by atoms with Crippen LogP contribution in [-0.4, -0.2) is 32.4 Å². The molecule has 1 fully saturated rings. The average Bonchev–Trinajstić information content (AvgIpc) is 3.17. The summed E-state index contributed by atoms with van der Waals surface area (Å²) in [5.41, 5.74) is 2.71. The summed E-state index contributed by atoms with van der Waals surface area (Å²) < 4.78 is 33.9. The second-order valence-electron chi connectivity index (χ2n) is 8.56. The summed E-state index contributed by atoms with van der Waals surface area (Å²) in [6.07, 6.45) is 2.31. The second kappa shape index (κ2) is 7.55. The highest BCUT2D eigenvalue weighted by molar-refractivity contribution is 6.06. The number of carboxylic acids is 1. The first kappa shape index (κ1) is 20.4. The van der Waals surface area contributed by atoms with Crippen LogP contribution in [0.4, 0.5) is 8.78 Å². The van der Waals surface area contributed by atoms with Crippen molar-refractivity contribution in [3.8, 4) is 17.0 Å². The lowest BCUT2D eigenvalue weighted by Gasteiger charge is -2.32. The van der Waals surface area contributed by atoms with Crippen LogP contribution in [0.25, 0.3) is 32.8 Å². The monoisotopic (exact) mass is 437 g/mol. The molecule has 0 atom stereocenters. The van der Waals surface area contributed by atoms with E-state index in [0.717, 1.165) is 22.4 Å². The maximum absolute atomic E-state index is 14.1. The third kappa shape index (κ3) is 3.36. The zero-order valence-electron chi connectivity index (χ0n) is 17.5. The average molecular weight is 437 g/mol. The van der Waals surface area contributed by atoms with E-state index < -0.39 is 23.5 Å². The van der Waals surface area contributed by atoms with E-state index in [1.165, 1.54) is 6.07 Å². The normalized spacial score (nSPS) is 18.3. The Balaban J connectivity index is 1.73. The van der Waals surface area contributed by atoms with Crippen molar-refractivity contribution in [3.05, 3.63) is 53.9 Å². The van der Waals surface area contributed by atoms with Crippen LogP contribution < -0.4 is 4.74 Å². The number of pyridine rings is 1. The number of nitrogens with one attached hydrogen (secondary N) is 1. The van der Waals surface area contributed by atoms with Gasteiger partial charge in [-0.3, -0.25) is 9.89 Å². The highest BCUT2D eigenvalue weighted by atomic mass is 19.2. The first-order chi connectivity index (χ1) is 15.3. The minimum absolute atomic E-state index is 0.0296. The number of hydrogen-bond acceptors (Lipinski definition) is 4. The van der Waals surface area contributed by atoms with Gasteiger partial charge >= 0.3 is 5.97 Å². The minimum Gasteiger partial charge on any atom is -0.481 e. The van der Waals surface area contributed by atoms with Gasteiger partial charge in [0, 0.05) is 16.3 Å². The van der Waals surface area contributed by atoms with Gasteiger partial charge in [0.25, 0.3) is 0 Å². The number of aromatic nitrogens is 3. The van der Waals surface area contributed by atoms with Crippen LogP contribution in [0.2, 0.25) is 0 Å². The first-order valence-corrected chi connectivity index (χ1v) is 10.5. The molecule has 6 nitrogen and oxygen atoms in total. The van der Waals surface area contributed by atoms with Crippen molar-refractivity contribution in [3.63, 3.8) is 0 Å². The van der Waals surface area contributed by atoms with Gasteiger partial charge < -0.3 is 9.84 Å². The number of halogens is 2. The van der Waals surface area contributed by atoms with Crippen LogP contribution >= 0.6 is 0 Å². The summed E-state index contributed by atoms with van der Waals surface area (Å²) >= 11 is 0. The highest BCUT2D eigenvalue weighted by Crippen LogP contribution is 2.42. The molecule has 0 spiro atoms. The van der Waals surface area contributed by atoms with Gasteiger partial charge in [0.05, 0.1) is 23.3 Å². The standard InChI is InChI=1S/C24H21F2N3O3/c1-11(2)22-21(12-3-4-18(25)19(26)8-12)16-7-14-10-27-29-20(14)9-17(16)23(28-22)32-15-5-13(6-15)24(30)31/h3-4,7-11,13,15H,5-6H2,1-2H3,(H,27,29)(H,30,31). The molecule has 0 unspecified atom stereocenters. The molecule has 5 rings (SSSR count). The molecule has 4 aromatic rings. The van der Waals surface area contributed by atoms with Crippen LogP contribution in [0.15, 0.2) is 36.5 Å². The molecule has 0 bridgehead atoms. The lowest BCUT2D eigenvalue weighted by molar-refractivity contribution is -0.148. The van der Waals surface area contributed by atoms with Crippen LogP contribution in [0.3, 0.4) is 0 Å². The molecule has 2 N–H and O–H groups in total. The van der Waals surface area contributed by atoms with Crippen molar-refractivity contribution < 1.29 is 23.4 Å². The van der Waals surface area contributed by atoms with Gasteiger partial charge in [-0.1, -0.05) is 19.9 Å². The Hall–Kier alpha value is -3.55.